The number of nitrogens with zero attached hydrogens (tertiary/aromatic N) is 3. The van der Waals surface area contributed by atoms with Gasteiger partial charge < -0.3 is 10.0 Å². The van der Waals surface area contributed by atoms with E-state index in [-0.39, 0.29) is 12.1 Å². The number of para-hydroxylation sites is 1. The maximum atomic E-state index is 13.8. The molecular weight excluding hydrogens is 402 g/mol. The quantitative estimate of drug-likeness (QED) is 0.665. The van der Waals surface area contributed by atoms with E-state index in [4.69, 9.17) is 0 Å². The standard InChI is InChI=1S/C26H39N3O3/c1-2-10-22-19-23(16-18-27(22)20-11-5-3-6-12-20)29(21-13-7-4-8-14-21)26(32)28-17-9-15-24(28)25(30)31/h4,7-8,13-14,20,22-24H,2-3,5-6,9-12,15-19H2,1H3,(H,30,31)/t22-,23-,24?/m0/s1. The minimum atomic E-state index is -0.889. The van der Waals surface area contributed by atoms with Crippen LogP contribution in [-0.4, -0.2) is 64.2 Å². The van der Waals surface area contributed by atoms with Crippen LogP contribution >= 0.6 is 0 Å². The van der Waals surface area contributed by atoms with E-state index in [1.165, 1.54) is 32.1 Å². The van der Waals surface area contributed by atoms with Crippen LogP contribution in [0.4, 0.5) is 10.5 Å². The zero-order valence-corrected chi connectivity index (χ0v) is 19.5. The van der Waals surface area contributed by atoms with Crippen molar-refractivity contribution in [2.24, 2.45) is 0 Å². The van der Waals surface area contributed by atoms with Gasteiger partial charge in [0, 0.05) is 36.9 Å². The number of carbonyl (C=O) groups is 2. The molecule has 1 saturated carbocycles. The Morgan fingerprint density at radius 3 is 2.44 bits per heavy atom. The number of piperidine rings is 1. The average Bonchev–Trinajstić information content (AvgIpc) is 3.31. The lowest BCUT2D eigenvalue weighted by molar-refractivity contribution is -0.141. The number of aliphatic carboxylic acids is 1. The van der Waals surface area contributed by atoms with Gasteiger partial charge in [0.1, 0.15) is 6.04 Å². The maximum Gasteiger partial charge on any atom is 0.326 e. The summed E-state index contributed by atoms with van der Waals surface area (Å²) in [7, 11) is 0. The van der Waals surface area contributed by atoms with E-state index in [1.54, 1.807) is 4.90 Å². The first-order valence-electron chi connectivity index (χ1n) is 12.7. The van der Waals surface area contributed by atoms with Crippen LogP contribution in [0.1, 0.15) is 77.6 Å². The molecule has 2 saturated heterocycles. The van der Waals surface area contributed by atoms with Crippen molar-refractivity contribution in [3.05, 3.63) is 30.3 Å². The minimum absolute atomic E-state index is 0.108. The minimum Gasteiger partial charge on any atom is -0.480 e. The largest absolute Gasteiger partial charge is 0.480 e. The molecule has 0 spiro atoms. The smallest absolute Gasteiger partial charge is 0.326 e. The van der Waals surface area contributed by atoms with E-state index in [2.05, 4.69) is 11.8 Å². The number of rotatable bonds is 6. The molecule has 0 bridgehead atoms. The molecule has 1 unspecified atom stereocenters. The van der Waals surface area contributed by atoms with Crippen LogP contribution in [0, 0.1) is 0 Å². The molecule has 2 aliphatic heterocycles. The second-order valence-electron chi connectivity index (χ2n) is 9.83. The van der Waals surface area contributed by atoms with E-state index in [0.717, 1.165) is 44.3 Å². The van der Waals surface area contributed by atoms with Crippen molar-refractivity contribution in [2.75, 3.05) is 18.0 Å². The molecule has 3 fully saturated rings. The summed E-state index contributed by atoms with van der Waals surface area (Å²) in [5, 5.41) is 9.67. The third-order valence-corrected chi connectivity index (χ3v) is 7.79. The highest BCUT2D eigenvalue weighted by atomic mass is 16.4. The molecule has 2 amide bonds. The van der Waals surface area contributed by atoms with Gasteiger partial charge >= 0.3 is 12.0 Å². The first-order valence-corrected chi connectivity index (χ1v) is 12.7. The fourth-order valence-corrected chi connectivity index (χ4v) is 6.25. The Hall–Kier alpha value is -2.08. The maximum absolute atomic E-state index is 13.8. The Bertz CT molecular complexity index is 765. The van der Waals surface area contributed by atoms with Crippen LogP contribution in [0.25, 0.3) is 0 Å². The molecular formula is C26H39N3O3. The Morgan fingerprint density at radius 2 is 1.75 bits per heavy atom. The van der Waals surface area contributed by atoms with Crippen molar-refractivity contribution in [2.45, 2.75) is 102 Å². The summed E-state index contributed by atoms with van der Waals surface area (Å²) >= 11 is 0. The first kappa shape index (κ1) is 23.1. The van der Waals surface area contributed by atoms with Gasteiger partial charge in [-0.3, -0.25) is 9.80 Å². The summed E-state index contributed by atoms with van der Waals surface area (Å²) in [5.74, 6) is -0.889. The number of hydrogen-bond acceptors (Lipinski definition) is 3. The Kier molecular flexibility index (Phi) is 7.71. The van der Waals surface area contributed by atoms with Crippen LogP contribution in [0.2, 0.25) is 0 Å². The lowest BCUT2D eigenvalue weighted by Crippen LogP contribution is -2.58. The molecule has 1 aromatic rings. The normalized spacial score (nSPS) is 27.4. The number of urea groups is 1. The number of carboxylic acid groups (broad SMARTS) is 1. The van der Waals surface area contributed by atoms with Crippen molar-refractivity contribution in [1.29, 1.82) is 0 Å². The van der Waals surface area contributed by atoms with Crippen molar-refractivity contribution in [1.82, 2.24) is 9.80 Å². The van der Waals surface area contributed by atoms with Crippen LogP contribution in [0.15, 0.2) is 30.3 Å². The fraction of sp³-hybridized carbons (Fsp3) is 0.692. The van der Waals surface area contributed by atoms with E-state index in [9.17, 15) is 14.7 Å². The second-order valence-corrected chi connectivity index (χ2v) is 9.83. The van der Waals surface area contributed by atoms with Gasteiger partial charge in [0.15, 0.2) is 0 Å². The van der Waals surface area contributed by atoms with E-state index >= 15 is 0 Å². The van der Waals surface area contributed by atoms with E-state index in [0.29, 0.717) is 25.0 Å². The van der Waals surface area contributed by atoms with Gasteiger partial charge in [-0.15, -0.1) is 0 Å². The van der Waals surface area contributed by atoms with Crippen molar-refractivity contribution in [3.8, 4) is 0 Å². The molecule has 4 rings (SSSR count). The highest BCUT2D eigenvalue weighted by molar-refractivity contribution is 5.95. The summed E-state index contributed by atoms with van der Waals surface area (Å²) in [6.45, 7) is 3.81. The Labute approximate surface area is 192 Å². The predicted octanol–water partition coefficient (Wildman–Crippen LogP) is 5.13. The molecule has 0 radical (unpaired) electrons. The highest BCUT2D eigenvalue weighted by Gasteiger charge is 2.41. The molecule has 1 N–H and O–H groups in total. The third-order valence-electron chi connectivity index (χ3n) is 7.79. The van der Waals surface area contributed by atoms with Crippen LogP contribution in [0.3, 0.4) is 0 Å². The summed E-state index contributed by atoms with van der Waals surface area (Å²) in [6, 6.07) is 10.3. The molecule has 1 aromatic carbocycles. The van der Waals surface area contributed by atoms with Crippen molar-refractivity contribution >= 4 is 17.7 Å². The van der Waals surface area contributed by atoms with Crippen LogP contribution in [-0.2, 0) is 4.79 Å². The molecule has 3 aliphatic rings. The van der Waals surface area contributed by atoms with Gasteiger partial charge in [-0.1, -0.05) is 50.8 Å². The molecule has 6 heteroatoms. The average molecular weight is 442 g/mol. The molecule has 0 aromatic heterocycles. The van der Waals surface area contributed by atoms with E-state index < -0.39 is 12.0 Å². The number of amides is 2. The molecule has 2 heterocycles. The van der Waals surface area contributed by atoms with Gasteiger partial charge in [0.05, 0.1) is 0 Å². The van der Waals surface area contributed by atoms with Gasteiger partial charge in [0.2, 0.25) is 0 Å². The molecule has 176 valence electrons. The van der Waals surface area contributed by atoms with Crippen LogP contribution < -0.4 is 4.90 Å². The van der Waals surface area contributed by atoms with Crippen molar-refractivity contribution < 1.29 is 14.7 Å². The SMILES string of the molecule is CCC[C@H]1C[C@@H](N(C(=O)N2CCCC2C(=O)O)c2ccccc2)CCN1C1CCCCC1. The molecule has 3 atom stereocenters. The summed E-state index contributed by atoms with van der Waals surface area (Å²) in [5.41, 5.74) is 0.889. The fourth-order valence-electron chi connectivity index (χ4n) is 6.25. The zero-order valence-electron chi connectivity index (χ0n) is 19.5. The number of benzene rings is 1. The summed E-state index contributed by atoms with van der Waals surface area (Å²) in [4.78, 5) is 31.9. The number of anilines is 1. The summed E-state index contributed by atoms with van der Waals surface area (Å²) in [6.07, 6.45) is 12.2. The topological polar surface area (TPSA) is 64.1 Å². The monoisotopic (exact) mass is 441 g/mol. The molecule has 1 aliphatic carbocycles. The third kappa shape index (κ3) is 4.95. The van der Waals surface area contributed by atoms with Gasteiger partial charge in [-0.05, 0) is 57.1 Å². The van der Waals surface area contributed by atoms with Gasteiger partial charge in [-0.25, -0.2) is 9.59 Å². The molecule has 6 nitrogen and oxygen atoms in total. The van der Waals surface area contributed by atoms with Gasteiger partial charge in [0.25, 0.3) is 0 Å². The Balaban J connectivity index is 1.57. The zero-order chi connectivity index (χ0) is 22.5. The summed E-state index contributed by atoms with van der Waals surface area (Å²) < 4.78 is 0. The van der Waals surface area contributed by atoms with Gasteiger partial charge in [-0.2, -0.15) is 0 Å². The highest BCUT2D eigenvalue weighted by Crippen LogP contribution is 2.35. The predicted molar refractivity (Wildman–Crippen MR) is 127 cm³/mol. The Morgan fingerprint density at radius 1 is 1.00 bits per heavy atom. The molecule has 32 heavy (non-hydrogen) atoms. The second kappa shape index (κ2) is 10.7. The van der Waals surface area contributed by atoms with Crippen molar-refractivity contribution in [3.63, 3.8) is 0 Å². The lowest BCUT2D eigenvalue weighted by Gasteiger charge is -2.48. The van der Waals surface area contributed by atoms with E-state index in [1.807, 2.05) is 35.2 Å². The number of likely N-dealkylation sites (tertiary alicyclic amines) is 2. The number of carboxylic acids is 1. The first-order chi connectivity index (χ1) is 15.6. The lowest BCUT2D eigenvalue weighted by atomic mass is 9.87. The van der Waals surface area contributed by atoms with Crippen LogP contribution in [0.5, 0.6) is 0 Å². The number of hydrogen-bond donors (Lipinski definition) is 1. The number of carbonyl (C=O) groups excluding carboxylic acids is 1.